The Kier molecular flexibility index (Phi) is 6.31. The van der Waals surface area contributed by atoms with Gasteiger partial charge in [-0.3, -0.25) is 4.90 Å². The van der Waals surface area contributed by atoms with Gasteiger partial charge in [0, 0.05) is 37.8 Å². The molecule has 0 amide bonds. The van der Waals surface area contributed by atoms with Gasteiger partial charge in [0.15, 0.2) is 0 Å². The first-order valence-corrected chi connectivity index (χ1v) is 8.69. The second-order valence-corrected chi connectivity index (χ2v) is 7.31. The molecule has 0 aromatic carbocycles. The van der Waals surface area contributed by atoms with E-state index in [9.17, 15) is 0 Å². The smallest absolute Gasteiger partial charge is 0.0593 e. The van der Waals surface area contributed by atoms with Gasteiger partial charge in [0.2, 0.25) is 0 Å². The van der Waals surface area contributed by atoms with E-state index in [0.717, 1.165) is 51.2 Å². The van der Waals surface area contributed by atoms with Crippen LogP contribution in [-0.2, 0) is 4.74 Å². The highest BCUT2D eigenvalue weighted by molar-refractivity contribution is 4.95. The first kappa shape index (κ1) is 16.3. The van der Waals surface area contributed by atoms with Crippen molar-refractivity contribution < 1.29 is 4.74 Å². The molecule has 0 aromatic heterocycles. The third-order valence-electron chi connectivity index (χ3n) is 4.92. The summed E-state index contributed by atoms with van der Waals surface area (Å²) in [5.74, 6) is 0.901. The van der Waals surface area contributed by atoms with Crippen LogP contribution in [0.2, 0.25) is 0 Å². The molecule has 1 aliphatic carbocycles. The number of hydrogen-bond acceptors (Lipinski definition) is 3. The fourth-order valence-corrected chi connectivity index (χ4v) is 3.85. The Morgan fingerprint density at radius 3 is 2.60 bits per heavy atom. The summed E-state index contributed by atoms with van der Waals surface area (Å²) in [6, 6.07) is 0.730. The van der Waals surface area contributed by atoms with E-state index >= 15 is 0 Å². The molecule has 1 atom stereocenters. The highest BCUT2D eigenvalue weighted by atomic mass is 16.5. The van der Waals surface area contributed by atoms with Crippen LogP contribution in [0.1, 0.15) is 59.3 Å². The molecule has 1 aliphatic heterocycles. The van der Waals surface area contributed by atoms with Crippen molar-refractivity contribution in [3.05, 3.63) is 0 Å². The first-order chi connectivity index (χ1) is 9.62. The number of piperazine rings is 1. The summed E-state index contributed by atoms with van der Waals surface area (Å²) in [6.45, 7) is 12.0. The van der Waals surface area contributed by atoms with Crippen molar-refractivity contribution in [2.45, 2.75) is 70.9 Å². The Bertz CT molecular complexity index is 274. The monoisotopic (exact) mass is 282 g/mol. The summed E-state index contributed by atoms with van der Waals surface area (Å²) in [4.78, 5) is 2.71. The summed E-state index contributed by atoms with van der Waals surface area (Å²) in [6.07, 6.45) is 8.30. The Hall–Kier alpha value is -0.120. The van der Waals surface area contributed by atoms with E-state index in [0.29, 0.717) is 0 Å². The van der Waals surface area contributed by atoms with Crippen LogP contribution in [0.25, 0.3) is 0 Å². The quantitative estimate of drug-likeness (QED) is 0.758. The molecule has 2 aliphatic rings. The van der Waals surface area contributed by atoms with E-state index < -0.39 is 0 Å². The number of nitrogens with one attached hydrogen (secondary N) is 1. The minimum absolute atomic E-state index is 0.246. The summed E-state index contributed by atoms with van der Waals surface area (Å²) in [5.41, 5.74) is 0.246. The fraction of sp³-hybridized carbons (Fsp3) is 1.00. The number of rotatable bonds is 6. The SMILES string of the molecule is CCCOCCN1CC(C)(C)NCC1C1CCCCC1. The molecule has 0 bridgehead atoms. The van der Waals surface area contributed by atoms with Crippen LogP contribution >= 0.6 is 0 Å². The average molecular weight is 282 g/mol. The molecular weight excluding hydrogens is 248 g/mol. The first-order valence-electron chi connectivity index (χ1n) is 8.69. The van der Waals surface area contributed by atoms with Crippen LogP contribution in [0.4, 0.5) is 0 Å². The number of hydrogen-bond donors (Lipinski definition) is 1. The lowest BCUT2D eigenvalue weighted by atomic mass is 9.81. The van der Waals surface area contributed by atoms with Gasteiger partial charge in [0.25, 0.3) is 0 Å². The van der Waals surface area contributed by atoms with Crippen LogP contribution < -0.4 is 5.32 Å². The molecular formula is C17H34N2O. The van der Waals surface area contributed by atoms with Crippen molar-refractivity contribution in [2.24, 2.45) is 5.92 Å². The van der Waals surface area contributed by atoms with Gasteiger partial charge in [-0.25, -0.2) is 0 Å². The highest BCUT2D eigenvalue weighted by Crippen LogP contribution is 2.31. The molecule has 1 saturated heterocycles. The number of ether oxygens (including phenoxy) is 1. The zero-order valence-electron chi connectivity index (χ0n) is 13.8. The standard InChI is InChI=1S/C17H34N2O/c1-4-11-20-12-10-19-14-17(2,3)18-13-16(19)15-8-6-5-7-9-15/h15-16,18H,4-14H2,1-3H3. The topological polar surface area (TPSA) is 24.5 Å². The minimum atomic E-state index is 0.246. The van der Waals surface area contributed by atoms with Gasteiger partial charge in [0.1, 0.15) is 0 Å². The molecule has 1 saturated carbocycles. The van der Waals surface area contributed by atoms with Crippen molar-refractivity contribution >= 4 is 0 Å². The molecule has 1 unspecified atom stereocenters. The van der Waals surface area contributed by atoms with Gasteiger partial charge in [-0.1, -0.05) is 26.2 Å². The Labute approximate surface area is 125 Å². The van der Waals surface area contributed by atoms with E-state index in [1.807, 2.05) is 0 Å². The van der Waals surface area contributed by atoms with Crippen LogP contribution in [0, 0.1) is 5.92 Å². The van der Waals surface area contributed by atoms with Crippen LogP contribution in [0.5, 0.6) is 0 Å². The van der Waals surface area contributed by atoms with Crippen molar-refractivity contribution in [1.29, 1.82) is 0 Å². The van der Waals surface area contributed by atoms with Gasteiger partial charge in [-0.2, -0.15) is 0 Å². The molecule has 1 N–H and O–H groups in total. The maximum absolute atomic E-state index is 5.73. The Balaban J connectivity index is 1.88. The minimum Gasteiger partial charge on any atom is -0.380 e. The Morgan fingerprint density at radius 1 is 1.15 bits per heavy atom. The molecule has 1 heterocycles. The van der Waals surface area contributed by atoms with Gasteiger partial charge >= 0.3 is 0 Å². The van der Waals surface area contributed by atoms with E-state index in [2.05, 4.69) is 31.0 Å². The van der Waals surface area contributed by atoms with Gasteiger partial charge in [0.05, 0.1) is 6.61 Å². The normalized spacial score (nSPS) is 28.6. The summed E-state index contributed by atoms with van der Waals surface area (Å²) in [7, 11) is 0. The zero-order chi connectivity index (χ0) is 14.4. The predicted molar refractivity (Wildman–Crippen MR) is 85.1 cm³/mol. The lowest BCUT2D eigenvalue weighted by Crippen LogP contribution is -2.63. The van der Waals surface area contributed by atoms with E-state index in [1.54, 1.807) is 0 Å². The largest absolute Gasteiger partial charge is 0.380 e. The molecule has 0 spiro atoms. The van der Waals surface area contributed by atoms with Crippen molar-refractivity contribution in [1.82, 2.24) is 10.2 Å². The average Bonchev–Trinajstić information content (AvgIpc) is 2.44. The second kappa shape index (κ2) is 7.77. The van der Waals surface area contributed by atoms with Crippen molar-refractivity contribution in [2.75, 3.05) is 32.8 Å². The maximum atomic E-state index is 5.73. The molecule has 3 heteroatoms. The lowest BCUT2D eigenvalue weighted by molar-refractivity contribution is 0.0202. The Morgan fingerprint density at radius 2 is 1.90 bits per heavy atom. The van der Waals surface area contributed by atoms with Gasteiger partial charge < -0.3 is 10.1 Å². The predicted octanol–water partition coefficient (Wildman–Crippen LogP) is 3.05. The third-order valence-corrected chi connectivity index (χ3v) is 4.92. The van der Waals surface area contributed by atoms with E-state index in [-0.39, 0.29) is 5.54 Å². The summed E-state index contributed by atoms with van der Waals surface area (Å²) >= 11 is 0. The van der Waals surface area contributed by atoms with Gasteiger partial charge in [-0.15, -0.1) is 0 Å². The highest BCUT2D eigenvalue weighted by Gasteiger charge is 2.36. The molecule has 2 rings (SSSR count). The molecule has 20 heavy (non-hydrogen) atoms. The maximum Gasteiger partial charge on any atom is 0.0593 e. The molecule has 118 valence electrons. The van der Waals surface area contributed by atoms with E-state index in [1.165, 1.54) is 32.1 Å². The van der Waals surface area contributed by atoms with Crippen molar-refractivity contribution in [3.63, 3.8) is 0 Å². The van der Waals surface area contributed by atoms with Crippen LogP contribution in [0.15, 0.2) is 0 Å². The van der Waals surface area contributed by atoms with Crippen LogP contribution in [0.3, 0.4) is 0 Å². The van der Waals surface area contributed by atoms with Crippen LogP contribution in [-0.4, -0.2) is 49.3 Å². The molecule has 2 fully saturated rings. The fourth-order valence-electron chi connectivity index (χ4n) is 3.85. The zero-order valence-corrected chi connectivity index (χ0v) is 13.8. The number of nitrogens with zero attached hydrogens (tertiary/aromatic N) is 1. The molecule has 0 radical (unpaired) electrons. The third kappa shape index (κ3) is 4.71. The lowest BCUT2D eigenvalue weighted by Gasteiger charge is -2.48. The van der Waals surface area contributed by atoms with E-state index in [4.69, 9.17) is 4.74 Å². The molecule has 0 aromatic rings. The second-order valence-electron chi connectivity index (χ2n) is 7.31. The summed E-state index contributed by atoms with van der Waals surface area (Å²) < 4.78 is 5.73. The van der Waals surface area contributed by atoms with Crippen molar-refractivity contribution in [3.8, 4) is 0 Å². The molecule has 3 nitrogen and oxygen atoms in total. The summed E-state index contributed by atoms with van der Waals surface area (Å²) in [5, 5.41) is 3.75. The van der Waals surface area contributed by atoms with Gasteiger partial charge in [-0.05, 0) is 39.0 Å².